The Morgan fingerprint density at radius 3 is 2.67 bits per heavy atom. The average molecular weight is 376 g/mol. The summed E-state index contributed by atoms with van der Waals surface area (Å²) < 4.78 is 21.1. The Bertz CT molecular complexity index is 701. The number of rotatable bonds is 9. The Morgan fingerprint density at radius 2 is 1.96 bits per heavy atom. The summed E-state index contributed by atoms with van der Waals surface area (Å²) in [6.07, 6.45) is 3.27. The van der Waals surface area contributed by atoms with Crippen molar-refractivity contribution in [3.63, 3.8) is 0 Å². The molecule has 1 aromatic carbocycles. The van der Waals surface area contributed by atoms with Gasteiger partial charge in [0.2, 0.25) is 0 Å². The van der Waals surface area contributed by atoms with Crippen LogP contribution in [0.4, 0.5) is 10.1 Å². The molecule has 0 bridgehead atoms. The highest BCUT2D eigenvalue weighted by Crippen LogP contribution is 2.28. The molecule has 1 saturated heterocycles. The van der Waals surface area contributed by atoms with Gasteiger partial charge in [0.25, 0.3) is 0 Å². The normalized spacial score (nSPS) is 16.6. The molecular formula is C19H29FN6O. The SMILES string of the molecule is CCCC[C@@H](c1nnnn1CCOC)N1CCN(c2ccccc2F)CC1. The van der Waals surface area contributed by atoms with Gasteiger partial charge < -0.3 is 9.64 Å². The van der Waals surface area contributed by atoms with Gasteiger partial charge in [0.05, 0.1) is 24.9 Å². The fraction of sp³-hybridized carbons (Fsp3) is 0.632. The average Bonchev–Trinajstić information content (AvgIpc) is 3.16. The van der Waals surface area contributed by atoms with E-state index in [1.54, 1.807) is 13.2 Å². The zero-order valence-corrected chi connectivity index (χ0v) is 16.2. The Hall–Kier alpha value is -2.06. The van der Waals surface area contributed by atoms with Crippen molar-refractivity contribution in [1.29, 1.82) is 0 Å². The van der Waals surface area contributed by atoms with E-state index in [1.165, 1.54) is 6.07 Å². The van der Waals surface area contributed by atoms with Crippen LogP contribution in [0.5, 0.6) is 0 Å². The zero-order chi connectivity index (χ0) is 19.1. The second kappa shape index (κ2) is 9.75. The van der Waals surface area contributed by atoms with Crippen molar-refractivity contribution in [2.24, 2.45) is 0 Å². The van der Waals surface area contributed by atoms with Crippen LogP contribution in [0, 0.1) is 5.82 Å². The van der Waals surface area contributed by atoms with Crippen LogP contribution in [0.1, 0.15) is 38.1 Å². The molecule has 2 heterocycles. The molecule has 0 saturated carbocycles. The number of piperazine rings is 1. The van der Waals surface area contributed by atoms with Crippen molar-refractivity contribution in [1.82, 2.24) is 25.1 Å². The molecule has 148 valence electrons. The molecule has 27 heavy (non-hydrogen) atoms. The first-order valence-corrected chi connectivity index (χ1v) is 9.73. The van der Waals surface area contributed by atoms with Crippen LogP contribution < -0.4 is 4.90 Å². The van der Waals surface area contributed by atoms with Crippen LogP contribution >= 0.6 is 0 Å². The van der Waals surface area contributed by atoms with E-state index in [0.717, 1.165) is 51.3 Å². The monoisotopic (exact) mass is 376 g/mol. The van der Waals surface area contributed by atoms with Crippen LogP contribution in [0.3, 0.4) is 0 Å². The van der Waals surface area contributed by atoms with Gasteiger partial charge in [-0.25, -0.2) is 9.07 Å². The largest absolute Gasteiger partial charge is 0.383 e. The van der Waals surface area contributed by atoms with E-state index in [4.69, 9.17) is 4.74 Å². The molecule has 1 aliphatic rings. The summed E-state index contributed by atoms with van der Waals surface area (Å²) in [7, 11) is 1.68. The summed E-state index contributed by atoms with van der Waals surface area (Å²) in [6.45, 7) is 6.74. The van der Waals surface area contributed by atoms with Crippen molar-refractivity contribution in [2.75, 3.05) is 44.8 Å². The molecule has 0 amide bonds. The van der Waals surface area contributed by atoms with Crippen LogP contribution in [0.2, 0.25) is 0 Å². The lowest BCUT2D eigenvalue weighted by atomic mass is 10.1. The topological polar surface area (TPSA) is 59.3 Å². The lowest BCUT2D eigenvalue weighted by Crippen LogP contribution is -2.48. The van der Waals surface area contributed by atoms with E-state index in [-0.39, 0.29) is 11.9 Å². The smallest absolute Gasteiger partial charge is 0.168 e. The van der Waals surface area contributed by atoms with E-state index in [2.05, 4.69) is 32.2 Å². The highest BCUT2D eigenvalue weighted by molar-refractivity contribution is 5.48. The number of aromatic nitrogens is 4. The molecule has 7 nitrogen and oxygen atoms in total. The van der Waals surface area contributed by atoms with Gasteiger partial charge in [-0.3, -0.25) is 4.90 Å². The van der Waals surface area contributed by atoms with Gasteiger partial charge in [-0.05, 0) is 29.0 Å². The molecule has 0 N–H and O–H groups in total. The third kappa shape index (κ3) is 4.81. The van der Waals surface area contributed by atoms with E-state index >= 15 is 0 Å². The number of hydrogen-bond donors (Lipinski definition) is 0. The highest BCUT2D eigenvalue weighted by atomic mass is 19.1. The van der Waals surface area contributed by atoms with Gasteiger partial charge in [-0.1, -0.05) is 31.9 Å². The zero-order valence-electron chi connectivity index (χ0n) is 16.2. The van der Waals surface area contributed by atoms with E-state index in [0.29, 0.717) is 18.8 Å². The molecule has 1 aromatic heterocycles. The quantitative estimate of drug-likeness (QED) is 0.670. The molecular weight excluding hydrogens is 347 g/mol. The number of methoxy groups -OCH3 is 1. The second-order valence-corrected chi connectivity index (χ2v) is 6.89. The molecule has 0 spiro atoms. The first kappa shape index (κ1) is 19.7. The molecule has 1 aliphatic heterocycles. The molecule has 8 heteroatoms. The molecule has 3 rings (SSSR count). The Labute approximate surface area is 160 Å². The van der Waals surface area contributed by atoms with Gasteiger partial charge in [-0.15, -0.1) is 5.10 Å². The van der Waals surface area contributed by atoms with Crippen molar-refractivity contribution in [3.05, 3.63) is 35.9 Å². The van der Waals surface area contributed by atoms with Crippen LogP contribution in [-0.4, -0.2) is 65.0 Å². The molecule has 1 fully saturated rings. The minimum absolute atomic E-state index is 0.156. The number of ether oxygens (including phenoxy) is 1. The summed E-state index contributed by atoms with van der Waals surface area (Å²) >= 11 is 0. The van der Waals surface area contributed by atoms with Crippen molar-refractivity contribution in [3.8, 4) is 0 Å². The number of anilines is 1. The van der Waals surface area contributed by atoms with Crippen LogP contribution in [-0.2, 0) is 11.3 Å². The number of nitrogens with zero attached hydrogens (tertiary/aromatic N) is 6. The third-order valence-corrected chi connectivity index (χ3v) is 5.14. The van der Waals surface area contributed by atoms with Crippen LogP contribution in [0.25, 0.3) is 0 Å². The molecule has 1 atom stereocenters. The van der Waals surface area contributed by atoms with Crippen molar-refractivity contribution >= 4 is 5.69 Å². The second-order valence-electron chi connectivity index (χ2n) is 6.89. The molecule has 0 aliphatic carbocycles. The number of unbranched alkanes of at least 4 members (excludes halogenated alkanes) is 1. The number of tetrazole rings is 1. The standard InChI is InChI=1S/C19H29FN6O/c1-3-4-8-18(19-21-22-23-26(19)14-15-27-2)25-12-10-24(11-13-25)17-9-6-5-7-16(17)20/h5-7,9,18H,3-4,8,10-15H2,1-2H3/t18-/m0/s1. The van der Waals surface area contributed by atoms with E-state index in [9.17, 15) is 4.39 Å². The first-order valence-electron chi connectivity index (χ1n) is 9.73. The van der Waals surface area contributed by atoms with Crippen molar-refractivity contribution in [2.45, 2.75) is 38.8 Å². The van der Waals surface area contributed by atoms with Gasteiger partial charge in [0.15, 0.2) is 5.82 Å². The maximum Gasteiger partial charge on any atom is 0.168 e. The first-order chi connectivity index (χ1) is 13.2. The maximum absolute atomic E-state index is 14.1. The molecule has 0 radical (unpaired) electrons. The molecule has 2 aromatic rings. The highest BCUT2D eigenvalue weighted by Gasteiger charge is 2.29. The number of halogens is 1. The lowest BCUT2D eigenvalue weighted by molar-refractivity contribution is 0.152. The Kier molecular flexibility index (Phi) is 7.11. The minimum Gasteiger partial charge on any atom is -0.383 e. The fourth-order valence-electron chi connectivity index (χ4n) is 3.64. The van der Waals surface area contributed by atoms with Gasteiger partial charge in [-0.2, -0.15) is 0 Å². The number of para-hydroxylation sites is 1. The van der Waals surface area contributed by atoms with Crippen molar-refractivity contribution < 1.29 is 9.13 Å². The predicted octanol–water partition coefficient (Wildman–Crippen LogP) is 2.51. The van der Waals surface area contributed by atoms with Crippen LogP contribution in [0.15, 0.2) is 24.3 Å². The fourth-order valence-corrected chi connectivity index (χ4v) is 3.64. The van der Waals surface area contributed by atoms with Gasteiger partial charge >= 0.3 is 0 Å². The number of benzene rings is 1. The number of hydrogen-bond acceptors (Lipinski definition) is 6. The summed E-state index contributed by atoms with van der Waals surface area (Å²) in [5, 5.41) is 12.4. The van der Waals surface area contributed by atoms with E-state index in [1.807, 2.05) is 16.8 Å². The summed E-state index contributed by atoms with van der Waals surface area (Å²) in [6, 6.07) is 7.18. The Balaban J connectivity index is 1.70. The predicted molar refractivity (Wildman–Crippen MR) is 102 cm³/mol. The molecule has 0 unspecified atom stereocenters. The third-order valence-electron chi connectivity index (χ3n) is 5.14. The summed E-state index contributed by atoms with van der Waals surface area (Å²) in [4.78, 5) is 4.55. The van der Waals surface area contributed by atoms with Gasteiger partial charge in [0.1, 0.15) is 5.82 Å². The summed E-state index contributed by atoms with van der Waals surface area (Å²) in [5.41, 5.74) is 0.687. The van der Waals surface area contributed by atoms with E-state index < -0.39 is 0 Å². The summed E-state index contributed by atoms with van der Waals surface area (Å²) in [5.74, 6) is 0.747. The lowest BCUT2D eigenvalue weighted by Gasteiger charge is -2.39. The van der Waals surface area contributed by atoms with Gasteiger partial charge in [0, 0.05) is 33.3 Å². The Morgan fingerprint density at radius 1 is 1.19 bits per heavy atom. The maximum atomic E-state index is 14.1. The minimum atomic E-state index is -0.156.